The van der Waals surface area contributed by atoms with Crippen LogP contribution in [0.3, 0.4) is 0 Å². The number of anilines is 2. The van der Waals surface area contributed by atoms with Crippen molar-refractivity contribution in [3.05, 3.63) is 77.7 Å². The molecular formula is C25H26F3N5O2. The van der Waals surface area contributed by atoms with Gasteiger partial charge in [0.2, 0.25) is 0 Å². The van der Waals surface area contributed by atoms with Crippen LogP contribution in [0.4, 0.5) is 24.7 Å². The average molecular weight is 486 g/mol. The van der Waals surface area contributed by atoms with Crippen molar-refractivity contribution in [3.63, 3.8) is 0 Å². The lowest BCUT2D eigenvalue weighted by Crippen LogP contribution is -2.30. The van der Waals surface area contributed by atoms with Gasteiger partial charge in [-0.1, -0.05) is 0 Å². The first kappa shape index (κ1) is 24.5. The smallest absolute Gasteiger partial charge is 0.416 e. The van der Waals surface area contributed by atoms with Gasteiger partial charge in [0.1, 0.15) is 18.2 Å². The van der Waals surface area contributed by atoms with E-state index < -0.39 is 17.6 Å². The number of pyridine rings is 2. The van der Waals surface area contributed by atoms with Gasteiger partial charge in [0.15, 0.2) is 0 Å². The van der Waals surface area contributed by atoms with Crippen molar-refractivity contribution in [2.24, 2.45) is 0 Å². The lowest BCUT2D eigenvalue weighted by molar-refractivity contribution is -0.137. The quantitative estimate of drug-likeness (QED) is 0.476. The molecule has 35 heavy (non-hydrogen) atoms. The summed E-state index contributed by atoms with van der Waals surface area (Å²) in [7, 11) is 1.97. The Hall–Kier alpha value is -3.66. The molecule has 1 saturated heterocycles. The normalized spacial score (nSPS) is 16.2. The van der Waals surface area contributed by atoms with E-state index in [2.05, 4.69) is 25.5 Å². The fourth-order valence-corrected chi connectivity index (χ4v) is 3.91. The van der Waals surface area contributed by atoms with Gasteiger partial charge in [-0.05, 0) is 68.4 Å². The van der Waals surface area contributed by atoms with Crippen LogP contribution in [0.25, 0.3) is 0 Å². The number of carbonyl (C=O) groups is 1. The number of likely N-dealkylation sites (N-methyl/N-ethyl adjacent to an activating group) is 1. The summed E-state index contributed by atoms with van der Waals surface area (Å²) in [6, 6.07) is 10.2. The number of halogens is 3. The first-order valence-electron chi connectivity index (χ1n) is 11.2. The summed E-state index contributed by atoms with van der Waals surface area (Å²) in [6.07, 6.45) is 2.20. The molecule has 4 rings (SSSR count). The zero-order valence-electron chi connectivity index (χ0n) is 19.2. The second kappa shape index (κ2) is 10.7. The predicted molar refractivity (Wildman–Crippen MR) is 126 cm³/mol. The second-order valence-electron chi connectivity index (χ2n) is 8.39. The molecule has 1 atom stereocenters. The maximum Gasteiger partial charge on any atom is 0.416 e. The van der Waals surface area contributed by atoms with Crippen LogP contribution in [-0.4, -0.2) is 47.0 Å². The maximum atomic E-state index is 13.5. The maximum absolute atomic E-state index is 13.5. The first-order chi connectivity index (χ1) is 16.8. The highest BCUT2D eigenvalue weighted by atomic mass is 19.4. The minimum atomic E-state index is -4.59. The lowest BCUT2D eigenvalue weighted by atomic mass is 10.1. The van der Waals surface area contributed by atoms with Crippen LogP contribution in [0.1, 0.15) is 34.3 Å². The summed E-state index contributed by atoms with van der Waals surface area (Å²) >= 11 is 0. The van der Waals surface area contributed by atoms with Gasteiger partial charge in [0, 0.05) is 42.9 Å². The van der Waals surface area contributed by atoms with Gasteiger partial charge in [-0.25, -0.2) is 4.98 Å². The molecule has 10 heteroatoms. The monoisotopic (exact) mass is 485 g/mol. The van der Waals surface area contributed by atoms with Crippen molar-refractivity contribution in [2.45, 2.75) is 31.6 Å². The Kier molecular flexibility index (Phi) is 7.50. The van der Waals surface area contributed by atoms with Gasteiger partial charge in [-0.15, -0.1) is 0 Å². The van der Waals surface area contributed by atoms with Crippen molar-refractivity contribution >= 4 is 17.4 Å². The number of likely N-dealkylation sites (tertiary alicyclic amines) is 1. The Morgan fingerprint density at radius 2 is 1.97 bits per heavy atom. The van der Waals surface area contributed by atoms with Gasteiger partial charge >= 0.3 is 6.18 Å². The van der Waals surface area contributed by atoms with Crippen LogP contribution >= 0.6 is 0 Å². The molecule has 1 aromatic carbocycles. The van der Waals surface area contributed by atoms with Gasteiger partial charge < -0.3 is 20.3 Å². The molecule has 0 bridgehead atoms. The summed E-state index contributed by atoms with van der Waals surface area (Å²) in [6.45, 7) is 1.61. The van der Waals surface area contributed by atoms with Crippen LogP contribution in [0.2, 0.25) is 0 Å². The van der Waals surface area contributed by atoms with E-state index in [-0.39, 0.29) is 29.6 Å². The molecule has 2 aromatic heterocycles. The van der Waals surface area contributed by atoms with Crippen LogP contribution < -0.4 is 15.4 Å². The molecule has 7 nitrogen and oxygen atoms in total. The fourth-order valence-electron chi connectivity index (χ4n) is 3.91. The van der Waals surface area contributed by atoms with E-state index in [0.717, 1.165) is 37.1 Å². The summed E-state index contributed by atoms with van der Waals surface area (Å²) in [4.78, 5) is 23.3. The Morgan fingerprint density at radius 3 is 2.69 bits per heavy atom. The number of nitrogens with zero attached hydrogens (tertiary/aromatic N) is 3. The minimum Gasteiger partial charge on any atom is -0.492 e. The molecule has 3 aromatic rings. The predicted octanol–water partition coefficient (Wildman–Crippen LogP) is 4.83. The standard InChI is InChI=1S/C25H26F3N5O2/c1-33-11-3-4-20(33)16-35-21-13-18(25(26,27)28)12-19(14-21)32-24(34)22-5-2-8-30-23(22)31-15-17-6-9-29-10-7-17/h2,5-10,12-14,20H,3-4,11,15-16H2,1H3,(H,30,31)(H,32,34). The molecule has 1 amide bonds. The van der Waals surface area contributed by atoms with Crippen LogP contribution in [0.5, 0.6) is 5.75 Å². The Balaban J connectivity index is 1.51. The second-order valence-corrected chi connectivity index (χ2v) is 8.39. The third kappa shape index (κ3) is 6.48. The number of rotatable bonds is 8. The molecule has 1 aliphatic heterocycles. The van der Waals surface area contributed by atoms with Crippen molar-refractivity contribution in [3.8, 4) is 5.75 Å². The van der Waals surface area contributed by atoms with Crippen LogP contribution in [0, 0.1) is 0 Å². The molecule has 0 saturated carbocycles. The molecule has 0 spiro atoms. The summed E-state index contributed by atoms with van der Waals surface area (Å²) in [5.74, 6) is -0.219. The minimum absolute atomic E-state index is 0.0106. The van der Waals surface area contributed by atoms with E-state index in [9.17, 15) is 18.0 Å². The third-order valence-corrected chi connectivity index (χ3v) is 5.87. The van der Waals surface area contributed by atoms with Crippen molar-refractivity contribution < 1.29 is 22.7 Å². The highest BCUT2D eigenvalue weighted by Gasteiger charge is 2.32. The molecule has 1 aliphatic rings. The molecule has 0 radical (unpaired) electrons. The van der Waals surface area contributed by atoms with Gasteiger partial charge in [0.05, 0.1) is 11.1 Å². The summed E-state index contributed by atoms with van der Waals surface area (Å²) in [5.41, 5.74) is 0.231. The number of hydrogen-bond acceptors (Lipinski definition) is 6. The number of carbonyl (C=O) groups excluding carboxylic acids is 1. The number of benzene rings is 1. The number of hydrogen-bond donors (Lipinski definition) is 2. The van der Waals surface area contributed by atoms with Crippen LogP contribution in [0.15, 0.2) is 61.1 Å². The van der Waals surface area contributed by atoms with Gasteiger partial charge in [-0.2, -0.15) is 13.2 Å². The van der Waals surface area contributed by atoms with Crippen molar-refractivity contribution in [1.29, 1.82) is 0 Å². The Bertz CT molecular complexity index is 1160. The molecular weight excluding hydrogens is 459 g/mol. The number of nitrogens with one attached hydrogen (secondary N) is 2. The summed E-state index contributed by atoms with van der Waals surface area (Å²) in [5, 5.41) is 5.66. The Morgan fingerprint density at radius 1 is 1.17 bits per heavy atom. The fraction of sp³-hybridized carbons (Fsp3) is 0.320. The summed E-state index contributed by atoms with van der Waals surface area (Å²) < 4.78 is 46.3. The molecule has 2 N–H and O–H groups in total. The number of aromatic nitrogens is 2. The Labute approximate surface area is 201 Å². The van der Waals surface area contributed by atoms with E-state index in [4.69, 9.17) is 4.74 Å². The highest BCUT2D eigenvalue weighted by Crippen LogP contribution is 2.34. The lowest BCUT2D eigenvalue weighted by Gasteiger charge is -2.20. The van der Waals surface area contributed by atoms with Gasteiger partial charge in [0.25, 0.3) is 5.91 Å². The van der Waals surface area contributed by atoms with Gasteiger partial charge in [-0.3, -0.25) is 9.78 Å². The van der Waals surface area contributed by atoms with E-state index in [1.54, 1.807) is 24.5 Å². The van der Waals surface area contributed by atoms with E-state index in [0.29, 0.717) is 12.4 Å². The van der Waals surface area contributed by atoms with Crippen molar-refractivity contribution in [2.75, 3.05) is 30.8 Å². The molecule has 0 aliphatic carbocycles. The topological polar surface area (TPSA) is 79.4 Å². The zero-order chi connectivity index (χ0) is 24.8. The SMILES string of the molecule is CN1CCCC1COc1cc(NC(=O)c2cccnc2NCc2ccncc2)cc(C(F)(F)F)c1. The molecule has 1 fully saturated rings. The van der Waals surface area contributed by atoms with Crippen molar-refractivity contribution in [1.82, 2.24) is 14.9 Å². The van der Waals surface area contributed by atoms with E-state index >= 15 is 0 Å². The average Bonchev–Trinajstić information content (AvgIpc) is 3.26. The first-order valence-corrected chi connectivity index (χ1v) is 11.2. The van der Waals surface area contributed by atoms with E-state index in [1.807, 2.05) is 19.2 Å². The number of amides is 1. The van der Waals surface area contributed by atoms with E-state index in [1.165, 1.54) is 12.3 Å². The zero-order valence-corrected chi connectivity index (χ0v) is 19.2. The third-order valence-electron chi connectivity index (χ3n) is 5.87. The number of alkyl halides is 3. The molecule has 3 heterocycles. The molecule has 184 valence electrons. The molecule has 1 unspecified atom stereocenters. The van der Waals surface area contributed by atoms with Crippen LogP contribution in [-0.2, 0) is 12.7 Å². The number of ether oxygens (including phenoxy) is 1. The largest absolute Gasteiger partial charge is 0.492 e. The highest BCUT2D eigenvalue weighted by molar-refractivity contribution is 6.07.